The van der Waals surface area contributed by atoms with Crippen LogP contribution in [0.3, 0.4) is 0 Å². The summed E-state index contributed by atoms with van der Waals surface area (Å²) in [4.78, 5) is 27.7. The van der Waals surface area contributed by atoms with Gasteiger partial charge in [-0.3, -0.25) is 14.3 Å². The van der Waals surface area contributed by atoms with Gasteiger partial charge in [-0.15, -0.1) is 0 Å². The number of pyridine rings is 1. The highest BCUT2D eigenvalue weighted by Gasteiger charge is 2.43. The molecule has 0 saturated carbocycles. The number of rotatable bonds is 2. The van der Waals surface area contributed by atoms with Crippen LogP contribution < -0.4 is 10.3 Å². The lowest BCUT2D eigenvalue weighted by Gasteiger charge is -2.27. The second-order valence-corrected chi connectivity index (χ2v) is 10.3. The summed E-state index contributed by atoms with van der Waals surface area (Å²) >= 11 is 0. The molecule has 2 aromatic rings. The van der Waals surface area contributed by atoms with E-state index in [1.54, 1.807) is 17.7 Å². The molecule has 0 unspecified atom stereocenters. The molecule has 8 nitrogen and oxygen atoms in total. The monoisotopic (exact) mass is 405 g/mol. The second kappa shape index (κ2) is 6.04. The first-order valence-corrected chi connectivity index (χ1v) is 11.0. The molecule has 0 aliphatic carbocycles. The van der Waals surface area contributed by atoms with Gasteiger partial charge in [0.15, 0.2) is 9.84 Å². The van der Waals surface area contributed by atoms with Crippen molar-refractivity contribution in [3.63, 3.8) is 0 Å². The highest BCUT2D eigenvalue weighted by atomic mass is 32.2. The van der Waals surface area contributed by atoms with Gasteiger partial charge in [0, 0.05) is 28.9 Å². The van der Waals surface area contributed by atoms with Crippen molar-refractivity contribution in [2.75, 3.05) is 11.5 Å². The Hall–Kier alpha value is -2.42. The Balaban J connectivity index is 1.88. The fourth-order valence-corrected chi connectivity index (χ4v) is 6.72. The molecule has 2 atom stereocenters. The topological polar surface area (TPSA) is 111 Å². The van der Waals surface area contributed by atoms with Crippen molar-refractivity contribution in [1.29, 1.82) is 0 Å². The van der Waals surface area contributed by atoms with Crippen LogP contribution in [-0.4, -0.2) is 40.7 Å². The van der Waals surface area contributed by atoms with Crippen LogP contribution in [0.4, 0.5) is 0 Å². The van der Waals surface area contributed by atoms with Crippen LogP contribution in [0.2, 0.25) is 0 Å². The Kier molecular flexibility index (Phi) is 4.08. The minimum Gasteiger partial charge on any atom is -0.426 e. The highest BCUT2D eigenvalue weighted by Crippen LogP contribution is 2.41. The van der Waals surface area contributed by atoms with E-state index in [4.69, 9.17) is 4.74 Å². The van der Waals surface area contributed by atoms with Gasteiger partial charge in [-0.1, -0.05) is 0 Å². The number of aromatic nitrogens is 3. The number of nitrogens with one attached hydrogen (secondary N) is 1. The van der Waals surface area contributed by atoms with Crippen molar-refractivity contribution >= 4 is 15.8 Å². The summed E-state index contributed by atoms with van der Waals surface area (Å²) in [6.07, 6.45) is 0.529. The van der Waals surface area contributed by atoms with E-state index in [9.17, 15) is 18.0 Å². The third-order valence-electron chi connectivity index (χ3n) is 5.80. The Morgan fingerprint density at radius 3 is 2.61 bits per heavy atom. The van der Waals surface area contributed by atoms with Crippen molar-refractivity contribution in [3.05, 3.63) is 44.6 Å². The molecule has 0 amide bonds. The van der Waals surface area contributed by atoms with Crippen LogP contribution in [0, 0.1) is 20.8 Å². The number of carbonyl (C=O) groups excluding carboxylic acids is 1. The number of aryl methyl sites for hydroxylation is 2. The minimum atomic E-state index is -3.11. The lowest BCUT2D eigenvalue weighted by molar-refractivity contribution is -0.135. The maximum Gasteiger partial charge on any atom is 0.312 e. The zero-order valence-corrected chi connectivity index (χ0v) is 17.1. The van der Waals surface area contributed by atoms with E-state index >= 15 is 0 Å². The van der Waals surface area contributed by atoms with Crippen molar-refractivity contribution in [1.82, 2.24) is 14.8 Å². The maximum atomic E-state index is 12.7. The maximum absolute atomic E-state index is 12.7. The van der Waals surface area contributed by atoms with Gasteiger partial charge in [0.2, 0.25) is 0 Å². The number of fused-ring (bicyclic) bond motifs is 1. The molecule has 0 aromatic carbocycles. The molecule has 0 spiro atoms. The molecule has 28 heavy (non-hydrogen) atoms. The zero-order valence-electron chi connectivity index (χ0n) is 16.3. The number of hydrogen-bond acceptors (Lipinski definition) is 6. The number of hydrogen-bond donors (Lipinski definition) is 1. The number of aromatic amines is 1. The van der Waals surface area contributed by atoms with Crippen LogP contribution in [0.15, 0.2) is 10.9 Å². The molecule has 150 valence electrons. The van der Waals surface area contributed by atoms with Crippen LogP contribution in [0.1, 0.15) is 53.9 Å². The summed E-state index contributed by atoms with van der Waals surface area (Å²) in [5.74, 6) is -0.428. The predicted octanol–water partition coefficient (Wildman–Crippen LogP) is 1.47. The number of H-pyrrole nitrogens is 1. The van der Waals surface area contributed by atoms with E-state index < -0.39 is 27.3 Å². The molecule has 4 rings (SSSR count). The Labute approximate surface area is 162 Å². The standard InChI is InChI=1S/C19H23N3O5S/c1-10-7-14-17(18(24)20-10)13(8-15(23)27-14)16-11(2)21-22(12(16)3)19(4)5-6-28(25,26)9-19/h7,13H,5-6,8-9H2,1-4H3,(H,20,24)/t13-,19+/m0/s1. The van der Waals surface area contributed by atoms with E-state index in [1.165, 1.54) is 0 Å². The zero-order chi connectivity index (χ0) is 20.4. The van der Waals surface area contributed by atoms with Crippen LogP contribution in [0.25, 0.3) is 0 Å². The van der Waals surface area contributed by atoms with E-state index in [1.807, 2.05) is 20.8 Å². The summed E-state index contributed by atoms with van der Waals surface area (Å²) in [7, 11) is -3.11. The third kappa shape index (κ3) is 2.88. The van der Waals surface area contributed by atoms with Gasteiger partial charge in [-0.25, -0.2) is 8.42 Å². The fourth-order valence-electron chi connectivity index (χ4n) is 4.61. The average molecular weight is 405 g/mol. The van der Waals surface area contributed by atoms with E-state index in [-0.39, 0.29) is 29.2 Å². The largest absolute Gasteiger partial charge is 0.426 e. The molecule has 2 aliphatic heterocycles. The number of sulfone groups is 1. The lowest BCUT2D eigenvalue weighted by atomic mass is 9.85. The van der Waals surface area contributed by atoms with Gasteiger partial charge >= 0.3 is 5.97 Å². The summed E-state index contributed by atoms with van der Waals surface area (Å²) in [6, 6.07) is 1.65. The summed E-state index contributed by atoms with van der Waals surface area (Å²) < 4.78 is 31.2. The van der Waals surface area contributed by atoms with Crippen molar-refractivity contribution < 1.29 is 17.9 Å². The molecule has 1 N–H and O–H groups in total. The molecular formula is C19H23N3O5S. The summed E-state index contributed by atoms with van der Waals surface area (Å²) in [5, 5.41) is 4.64. The van der Waals surface area contributed by atoms with Gasteiger partial charge in [-0.2, -0.15) is 5.10 Å². The third-order valence-corrected chi connectivity index (χ3v) is 7.69. The quantitative estimate of drug-likeness (QED) is 0.758. The number of ether oxygens (including phenoxy) is 1. The van der Waals surface area contributed by atoms with Gasteiger partial charge in [0.05, 0.1) is 34.7 Å². The Morgan fingerprint density at radius 1 is 1.25 bits per heavy atom. The highest BCUT2D eigenvalue weighted by molar-refractivity contribution is 7.91. The predicted molar refractivity (Wildman–Crippen MR) is 103 cm³/mol. The SMILES string of the molecule is Cc1cc2c(c(=O)[nH]1)[C@H](c1c(C)nn([C@]3(C)CCS(=O)(=O)C3)c1C)CC(=O)O2. The fraction of sp³-hybridized carbons (Fsp3) is 0.526. The molecule has 2 aromatic heterocycles. The number of carbonyl (C=O) groups is 1. The summed E-state index contributed by atoms with van der Waals surface area (Å²) in [5.41, 5.74) is 2.37. The van der Waals surface area contributed by atoms with E-state index in [0.717, 1.165) is 11.3 Å². The average Bonchev–Trinajstić information content (AvgIpc) is 3.02. The normalized spacial score (nSPS) is 26.1. The van der Waals surface area contributed by atoms with Crippen molar-refractivity contribution in [2.24, 2.45) is 0 Å². The van der Waals surface area contributed by atoms with Gasteiger partial charge in [0.1, 0.15) is 5.75 Å². The molecule has 1 saturated heterocycles. The number of esters is 1. The summed E-state index contributed by atoms with van der Waals surface area (Å²) in [6.45, 7) is 7.32. The molecule has 9 heteroatoms. The smallest absolute Gasteiger partial charge is 0.312 e. The van der Waals surface area contributed by atoms with Gasteiger partial charge in [0.25, 0.3) is 5.56 Å². The first-order valence-electron chi connectivity index (χ1n) is 9.22. The van der Waals surface area contributed by atoms with E-state index in [2.05, 4.69) is 10.1 Å². The molecule has 4 heterocycles. The molecule has 1 fully saturated rings. The van der Waals surface area contributed by atoms with Crippen LogP contribution in [-0.2, 0) is 20.2 Å². The number of nitrogens with zero attached hydrogens (tertiary/aromatic N) is 2. The molecule has 0 radical (unpaired) electrons. The van der Waals surface area contributed by atoms with Gasteiger partial charge < -0.3 is 9.72 Å². The first kappa shape index (κ1) is 18.9. The molecule has 0 bridgehead atoms. The van der Waals surface area contributed by atoms with Crippen LogP contribution in [0.5, 0.6) is 5.75 Å². The van der Waals surface area contributed by atoms with Crippen molar-refractivity contribution in [2.45, 2.75) is 52.0 Å². The molecular weight excluding hydrogens is 382 g/mol. The van der Waals surface area contributed by atoms with E-state index in [0.29, 0.717) is 23.4 Å². The first-order chi connectivity index (χ1) is 13.0. The Bertz CT molecular complexity index is 1160. The van der Waals surface area contributed by atoms with Crippen LogP contribution >= 0.6 is 0 Å². The Morgan fingerprint density at radius 2 is 1.96 bits per heavy atom. The lowest BCUT2D eigenvalue weighted by Crippen LogP contribution is -2.33. The van der Waals surface area contributed by atoms with Crippen molar-refractivity contribution in [3.8, 4) is 5.75 Å². The minimum absolute atomic E-state index is 0.0322. The second-order valence-electron chi connectivity index (χ2n) is 8.13. The molecule has 2 aliphatic rings. The van der Waals surface area contributed by atoms with Gasteiger partial charge in [-0.05, 0) is 34.1 Å².